The molecule has 0 aliphatic carbocycles. The number of aromatic nitrogens is 5. The summed E-state index contributed by atoms with van der Waals surface area (Å²) in [6.07, 6.45) is 0. The second-order valence-corrected chi connectivity index (χ2v) is 12.8. The molecule has 0 spiro atoms. The maximum absolute atomic E-state index is 8.71. The van der Waals surface area contributed by atoms with Crippen LogP contribution in [0.1, 0.15) is 0 Å². The summed E-state index contributed by atoms with van der Waals surface area (Å²) >= 11 is 0. The van der Waals surface area contributed by atoms with E-state index < -0.39 is 0 Å². The highest BCUT2D eigenvalue weighted by Gasteiger charge is 2.24. The van der Waals surface area contributed by atoms with E-state index in [1.165, 1.54) is 0 Å². The minimum Gasteiger partial charge on any atom is -0.318 e. The molecule has 0 aliphatic rings. The van der Waals surface area contributed by atoms with Gasteiger partial charge in [-0.05, 0) is 36.4 Å². The van der Waals surface area contributed by atoms with E-state index in [0.717, 1.165) is 71.7 Å². The predicted octanol–water partition coefficient (Wildman–Crippen LogP) is 11.6. The van der Waals surface area contributed by atoms with Crippen LogP contribution in [0.25, 0.3) is 94.0 Å². The molecule has 0 aliphatic heterocycles. The number of fused-ring (bicyclic) bond motifs is 6. The van der Waals surface area contributed by atoms with Crippen molar-refractivity contribution in [3.63, 3.8) is 0 Å². The number of benzene rings is 7. The molecule has 0 bridgehead atoms. The molecule has 0 amide bonds. The van der Waals surface area contributed by atoms with Crippen molar-refractivity contribution < 1.29 is 0 Å². The van der Waals surface area contributed by atoms with Gasteiger partial charge in [-0.25, -0.2) is 19.8 Å². The summed E-state index contributed by atoms with van der Waals surface area (Å²) in [4.78, 5) is 19.7. The van der Waals surface area contributed by atoms with Gasteiger partial charge in [0.1, 0.15) is 0 Å². The van der Waals surface area contributed by atoms with Crippen molar-refractivity contribution in [2.45, 2.75) is 0 Å². The summed E-state index contributed by atoms with van der Waals surface area (Å²) in [5.41, 5.74) is 8.67. The van der Waals surface area contributed by atoms with E-state index in [2.05, 4.69) is 105 Å². The SMILES string of the molecule is [C-]#[N+]c1cc(-n2c3ccccc3c3ccccc32)cc(-c2nc(-c3ccccc3)nc(-c3ccccc3)n2)c1-n1c2ccccc2c2ccccc21. The Morgan fingerprint density at radius 3 is 1.23 bits per heavy atom. The molecule has 0 radical (unpaired) electrons. The molecule has 0 saturated carbocycles. The van der Waals surface area contributed by atoms with Gasteiger partial charge in [-0.3, -0.25) is 0 Å². The maximum Gasteiger partial charge on any atom is 0.213 e. The molecule has 7 aromatic carbocycles. The normalized spacial score (nSPS) is 11.4. The third-order valence-corrected chi connectivity index (χ3v) is 9.78. The molecule has 52 heavy (non-hydrogen) atoms. The van der Waals surface area contributed by atoms with E-state index >= 15 is 0 Å². The van der Waals surface area contributed by atoms with Crippen molar-refractivity contribution in [1.82, 2.24) is 24.1 Å². The number of rotatable bonds is 5. The smallest absolute Gasteiger partial charge is 0.213 e. The van der Waals surface area contributed by atoms with E-state index in [-0.39, 0.29) is 0 Å². The van der Waals surface area contributed by atoms with Gasteiger partial charge in [0.05, 0.1) is 34.3 Å². The molecule has 10 aromatic rings. The Morgan fingerprint density at radius 2 is 0.788 bits per heavy atom. The minimum atomic E-state index is 0.483. The van der Waals surface area contributed by atoms with Crippen molar-refractivity contribution >= 4 is 49.3 Å². The summed E-state index contributed by atoms with van der Waals surface area (Å²) in [7, 11) is 0. The van der Waals surface area contributed by atoms with Crippen LogP contribution in [-0.4, -0.2) is 24.1 Å². The molecule has 10 rings (SSSR count). The Hall–Kier alpha value is -7.36. The molecule has 242 valence electrons. The van der Waals surface area contributed by atoms with Gasteiger partial charge in [-0.1, -0.05) is 133 Å². The largest absolute Gasteiger partial charge is 0.318 e. The summed E-state index contributed by atoms with van der Waals surface area (Å²) in [6, 6.07) is 57.7. The van der Waals surface area contributed by atoms with Crippen LogP contribution in [0.15, 0.2) is 170 Å². The lowest BCUT2D eigenvalue weighted by molar-refractivity contribution is 1.06. The second-order valence-electron chi connectivity index (χ2n) is 12.8. The minimum absolute atomic E-state index is 0.483. The Balaban J connectivity index is 1.37. The van der Waals surface area contributed by atoms with Crippen LogP contribution in [0, 0.1) is 6.57 Å². The fourth-order valence-corrected chi connectivity index (χ4v) is 7.52. The quantitative estimate of drug-likeness (QED) is 0.172. The van der Waals surface area contributed by atoms with Crippen LogP contribution >= 0.6 is 0 Å². The lowest BCUT2D eigenvalue weighted by Crippen LogP contribution is -2.05. The lowest BCUT2D eigenvalue weighted by Gasteiger charge is -2.19. The maximum atomic E-state index is 8.71. The highest BCUT2D eigenvalue weighted by molar-refractivity contribution is 6.11. The highest BCUT2D eigenvalue weighted by Crippen LogP contribution is 2.43. The number of hydrogen-bond acceptors (Lipinski definition) is 3. The van der Waals surface area contributed by atoms with E-state index in [9.17, 15) is 0 Å². The molecule has 0 unspecified atom stereocenters. The molecule has 3 aromatic heterocycles. The first-order chi connectivity index (χ1) is 25.8. The Bertz CT molecular complexity index is 2860. The van der Waals surface area contributed by atoms with Crippen LogP contribution in [0.5, 0.6) is 0 Å². The van der Waals surface area contributed by atoms with Gasteiger partial charge in [0, 0.05) is 43.9 Å². The van der Waals surface area contributed by atoms with Crippen LogP contribution in [0.3, 0.4) is 0 Å². The molecular weight excluding hydrogens is 637 g/mol. The van der Waals surface area contributed by atoms with Crippen molar-refractivity contribution in [1.29, 1.82) is 0 Å². The summed E-state index contributed by atoms with van der Waals surface area (Å²) in [6.45, 7) is 8.71. The zero-order valence-corrected chi connectivity index (χ0v) is 27.8. The molecule has 0 atom stereocenters. The average Bonchev–Trinajstić information content (AvgIpc) is 3.74. The van der Waals surface area contributed by atoms with E-state index in [0.29, 0.717) is 23.2 Å². The summed E-state index contributed by atoms with van der Waals surface area (Å²) in [5, 5.41) is 4.51. The standard InChI is InChI=1S/C46H28N6/c1-47-38-29-32(51-39-24-12-8-20-33(39)34-21-9-13-25-40(34)51)28-37(43(38)52-41-26-14-10-22-35(41)36-23-11-15-27-42(36)52)46-49-44(30-16-4-2-5-17-30)48-45(50-46)31-18-6-3-7-19-31/h2-29H. The number of nitrogens with zero attached hydrogens (tertiary/aromatic N) is 6. The van der Waals surface area contributed by atoms with E-state index in [4.69, 9.17) is 21.5 Å². The predicted molar refractivity (Wildman–Crippen MR) is 211 cm³/mol. The number of hydrogen-bond donors (Lipinski definition) is 0. The van der Waals surface area contributed by atoms with Crippen molar-refractivity contribution in [3.05, 3.63) is 181 Å². The summed E-state index contributed by atoms with van der Waals surface area (Å²) in [5.74, 6) is 1.60. The average molecular weight is 665 g/mol. The van der Waals surface area contributed by atoms with Crippen molar-refractivity contribution in [2.24, 2.45) is 0 Å². The molecule has 0 fully saturated rings. The fourth-order valence-electron chi connectivity index (χ4n) is 7.52. The van der Waals surface area contributed by atoms with Crippen LogP contribution in [-0.2, 0) is 0 Å². The first-order valence-corrected chi connectivity index (χ1v) is 17.2. The third-order valence-electron chi connectivity index (χ3n) is 9.78. The van der Waals surface area contributed by atoms with Crippen molar-refractivity contribution in [3.8, 4) is 45.5 Å². The second kappa shape index (κ2) is 11.9. The zero-order chi connectivity index (χ0) is 34.6. The van der Waals surface area contributed by atoms with Gasteiger partial charge in [-0.15, -0.1) is 0 Å². The van der Waals surface area contributed by atoms with Gasteiger partial charge in [0.2, 0.25) is 5.69 Å². The zero-order valence-electron chi connectivity index (χ0n) is 27.8. The molecule has 3 heterocycles. The highest BCUT2D eigenvalue weighted by atomic mass is 15.1. The molecule has 0 saturated heterocycles. The Morgan fingerprint density at radius 1 is 0.404 bits per heavy atom. The molecule has 6 heteroatoms. The molecular formula is C46H28N6. The fraction of sp³-hybridized carbons (Fsp3) is 0. The van der Waals surface area contributed by atoms with Gasteiger partial charge < -0.3 is 9.13 Å². The van der Waals surface area contributed by atoms with E-state index in [1.54, 1.807) is 0 Å². The van der Waals surface area contributed by atoms with Gasteiger partial charge in [-0.2, -0.15) is 0 Å². The van der Waals surface area contributed by atoms with Gasteiger partial charge >= 0.3 is 0 Å². The van der Waals surface area contributed by atoms with Crippen LogP contribution in [0.4, 0.5) is 5.69 Å². The first kappa shape index (κ1) is 29.5. The first-order valence-electron chi connectivity index (χ1n) is 17.2. The van der Waals surface area contributed by atoms with Gasteiger partial charge in [0.15, 0.2) is 17.5 Å². The van der Waals surface area contributed by atoms with Crippen LogP contribution < -0.4 is 0 Å². The Kier molecular flexibility index (Phi) is 6.76. The van der Waals surface area contributed by atoms with E-state index in [1.807, 2.05) is 78.9 Å². The van der Waals surface area contributed by atoms with Gasteiger partial charge in [0.25, 0.3) is 0 Å². The summed E-state index contributed by atoms with van der Waals surface area (Å²) < 4.78 is 4.45. The third kappa shape index (κ3) is 4.61. The number of para-hydroxylation sites is 4. The van der Waals surface area contributed by atoms with Crippen molar-refractivity contribution in [2.75, 3.05) is 0 Å². The molecule has 0 N–H and O–H groups in total. The monoisotopic (exact) mass is 664 g/mol. The Labute approximate surface area is 299 Å². The molecule has 6 nitrogen and oxygen atoms in total. The van der Waals surface area contributed by atoms with Crippen LogP contribution in [0.2, 0.25) is 0 Å². The topological polar surface area (TPSA) is 52.9 Å². The lowest BCUT2D eigenvalue weighted by atomic mass is 10.1.